The van der Waals surface area contributed by atoms with Gasteiger partial charge < -0.3 is 20.0 Å². The number of hydrogen-bond donors (Lipinski definition) is 1. The van der Waals surface area contributed by atoms with Crippen molar-refractivity contribution in [1.82, 2.24) is 24.9 Å². The van der Waals surface area contributed by atoms with E-state index in [9.17, 15) is 9.59 Å². The Hall–Kier alpha value is -2.87. The highest BCUT2D eigenvalue weighted by Crippen LogP contribution is 2.57. The van der Waals surface area contributed by atoms with E-state index in [4.69, 9.17) is 5.10 Å². The molecule has 36 heavy (non-hydrogen) atoms. The van der Waals surface area contributed by atoms with Crippen molar-refractivity contribution in [2.45, 2.75) is 65.1 Å². The summed E-state index contributed by atoms with van der Waals surface area (Å²) in [6, 6.07) is 6.97. The van der Waals surface area contributed by atoms with Crippen LogP contribution in [0.15, 0.2) is 18.2 Å². The lowest BCUT2D eigenvalue weighted by Gasteiger charge is -2.37. The van der Waals surface area contributed by atoms with E-state index in [1.807, 2.05) is 14.5 Å². The number of nitrogens with one attached hydrogen (secondary N) is 1. The summed E-state index contributed by atoms with van der Waals surface area (Å²) in [5, 5.41) is 8.30. The first-order chi connectivity index (χ1) is 17.3. The Morgan fingerprint density at radius 1 is 1.03 bits per heavy atom. The van der Waals surface area contributed by atoms with Crippen molar-refractivity contribution < 1.29 is 9.59 Å². The number of amides is 2. The topological polar surface area (TPSA) is 73.7 Å². The SMILES string of the molecule is Cc1cccc(N2CCN(C(=O)Cn3nc(C(=O)N4C[C@@H](C)N[C@@H](C)C4)c4c3C[C@H]3C[C@@H]43)CC2)c1C. The third kappa shape index (κ3) is 4.09. The number of hydrogen-bond acceptors (Lipinski definition) is 5. The van der Waals surface area contributed by atoms with Gasteiger partial charge in [0.15, 0.2) is 5.69 Å². The lowest BCUT2D eigenvalue weighted by atomic mass is 10.1. The second-order valence-corrected chi connectivity index (χ2v) is 11.4. The summed E-state index contributed by atoms with van der Waals surface area (Å²) < 4.78 is 1.86. The fourth-order valence-electron chi connectivity index (χ4n) is 6.62. The molecule has 2 aliphatic carbocycles. The average molecular weight is 491 g/mol. The molecule has 192 valence electrons. The summed E-state index contributed by atoms with van der Waals surface area (Å²) in [5.74, 6) is 1.23. The maximum absolute atomic E-state index is 13.6. The molecule has 0 bridgehead atoms. The number of nitrogens with zero attached hydrogens (tertiary/aromatic N) is 5. The van der Waals surface area contributed by atoms with E-state index in [1.165, 1.54) is 16.8 Å². The molecule has 0 unspecified atom stereocenters. The predicted octanol–water partition coefficient (Wildman–Crippen LogP) is 2.33. The Morgan fingerprint density at radius 3 is 2.47 bits per heavy atom. The van der Waals surface area contributed by atoms with Crippen LogP contribution in [0, 0.1) is 19.8 Å². The minimum Gasteiger partial charge on any atom is -0.368 e. The minimum absolute atomic E-state index is 0.0346. The molecule has 2 aliphatic heterocycles. The molecule has 1 aromatic carbocycles. The molecule has 2 aromatic rings. The van der Waals surface area contributed by atoms with Crippen molar-refractivity contribution >= 4 is 17.5 Å². The number of fused-ring (bicyclic) bond motifs is 3. The quantitative estimate of drug-likeness (QED) is 0.712. The smallest absolute Gasteiger partial charge is 0.274 e. The van der Waals surface area contributed by atoms with Gasteiger partial charge in [-0.3, -0.25) is 14.3 Å². The zero-order valence-corrected chi connectivity index (χ0v) is 22.0. The standard InChI is InChI=1S/C28H38N6O2/c1-17-6-5-7-23(20(17)4)31-8-10-32(11-9-31)25(35)16-34-24-13-21-12-22(21)26(24)27(30-34)28(36)33-14-18(2)29-19(3)15-33/h5-7,18-19,21-22,29H,8-16H2,1-4H3/t18-,19+,21-,22-/m1/s1. The minimum atomic E-state index is 0.0346. The number of aromatic nitrogens is 2. The van der Waals surface area contributed by atoms with Gasteiger partial charge in [0.2, 0.25) is 5.91 Å². The molecule has 1 saturated carbocycles. The number of rotatable bonds is 4. The average Bonchev–Trinajstić information content (AvgIpc) is 3.38. The van der Waals surface area contributed by atoms with E-state index in [2.05, 4.69) is 56.1 Å². The lowest BCUT2D eigenvalue weighted by Crippen LogP contribution is -2.56. The first-order valence-corrected chi connectivity index (χ1v) is 13.5. The summed E-state index contributed by atoms with van der Waals surface area (Å²) in [6.07, 6.45) is 2.10. The fraction of sp³-hybridized carbons (Fsp3) is 0.607. The Labute approximate surface area is 213 Å². The Bertz CT molecular complexity index is 1190. The molecule has 8 nitrogen and oxygen atoms in total. The van der Waals surface area contributed by atoms with E-state index in [-0.39, 0.29) is 30.4 Å². The van der Waals surface area contributed by atoms with Crippen molar-refractivity contribution in [3.8, 4) is 0 Å². The van der Waals surface area contributed by atoms with Crippen molar-refractivity contribution in [2.24, 2.45) is 5.92 Å². The maximum Gasteiger partial charge on any atom is 0.274 e. The molecule has 4 atom stereocenters. The van der Waals surface area contributed by atoms with E-state index in [1.54, 1.807) is 0 Å². The molecule has 0 radical (unpaired) electrons. The van der Waals surface area contributed by atoms with Gasteiger partial charge in [-0.2, -0.15) is 5.10 Å². The van der Waals surface area contributed by atoms with Crippen molar-refractivity contribution in [2.75, 3.05) is 44.2 Å². The summed E-state index contributed by atoms with van der Waals surface area (Å²) in [7, 11) is 0. The fourth-order valence-corrected chi connectivity index (χ4v) is 6.62. The van der Waals surface area contributed by atoms with E-state index in [0.29, 0.717) is 43.7 Å². The van der Waals surface area contributed by atoms with Crippen molar-refractivity contribution in [1.29, 1.82) is 0 Å². The lowest BCUT2D eigenvalue weighted by molar-refractivity contribution is -0.132. The molecule has 3 heterocycles. The van der Waals surface area contributed by atoms with Gasteiger partial charge in [0, 0.05) is 68.3 Å². The molecule has 0 spiro atoms. The molecule has 6 rings (SSSR count). The Kier molecular flexibility index (Phi) is 5.82. The first kappa shape index (κ1) is 23.5. The summed E-state index contributed by atoms with van der Waals surface area (Å²) in [5.41, 5.74) is 6.74. The van der Waals surface area contributed by atoms with Gasteiger partial charge in [-0.15, -0.1) is 0 Å². The zero-order chi connectivity index (χ0) is 25.1. The van der Waals surface area contributed by atoms with Crippen LogP contribution in [0.1, 0.15) is 59.1 Å². The Morgan fingerprint density at radius 2 is 1.75 bits per heavy atom. The molecule has 2 amide bonds. The largest absolute Gasteiger partial charge is 0.368 e. The molecule has 1 aromatic heterocycles. The van der Waals surface area contributed by atoms with Crippen LogP contribution in [-0.4, -0.2) is 82.7 Å². The molecule has 1 N–H and O–H groups in total. The number of piperazine rings is 2. The van der Waals surface area contributed by atoms with Crippen molar-refractivity contribution in [3.63, 3.8) is 0 Å². The third-order valence-corrected chi connectivity index (χ3v) is 8.73. The van der Waals surface area contributed by atoms with E-state index in [0.717, 1.165) is 37.2 Å². The van der Waals surface area contributed by atoms with Crippen LogP contribution < -0.4 is 10.2 Å². The highest BCUT2D eigenvalue weighted by Gasteiger charge is 2.50. The Balaban J connectivity index is 1.15. The van der Waals surface area contributed by atoms with Crippen LogP contribution in [0.25, 0.3) is 0 Å². The number of carbonyl (C=O) groups is 2. The van der Waals surface area contributed by atoms with E-state index < -0.39 is 0 Å². The summed E-state index contributed by atoms with van der Waals surface area (Å²) in [4.78, 5) is 33.2. The van der Waals surface area contributed by atoms with Gasteiger partial charge in [-0.05, 0) is 69.6 Å². The normalized spacial score (nSPS) is 27.2. The van der Waals surface area contributed by atoms with Gasteiger partial charge in [-0.1, -0.05) is 12.1 Å². The second-order valence-electron chi connectivity index (χ2n) is 11.4. The van der Waals surface area contributed by atoms with Crippen LogP contribution in [0.2, 0.25) is 0 Å². The van der Waals surface area contributed by atoms with Crippen LogP contribution >= 0.6 is 0 Å². The van der Waals surface area contributed by atoms with Crippen LogP contribution in [0.5, 0.6) is 0 Å². The van der Waals surface area contributed by atoms with Crippen LogP contribution in [-0.2, 0) is 17.8 Å². The van der Waals surface area contributed by atoms with Gasteiger partial charge in [0.05, 0.1) is 0 Å². The molecule has 3 fully saturated rings. The molecular formula is C28H38N6O2. The van der Waals surface area contributed by atoms with Gasteiger partial charge in [0.25, 0.3) is 5.91 Å². The highest BCUT2D eigenvalue weighted by atomic mass is 16.2. The monoisotopic (exact) mass is 490 g/mol. The highest BCUT2D eigenvalue weighted by molar-refractivity contribution is 5.95. The maximum atomic E-state index is 13.6. The summed E-state index contributed by atoms with van der Waals surface area (Å²) in [6.45, 7) is 13.3. The van der Waals surface area contributed by atoms with Crippen LogP contribution in [0.3, 0.4) is 0 Å². The number of aryl methyl sites for hydroxylation is 1. The zero-order valence-electron chi connectivity index (χ0n) is 22.0. The number of carbonyl (C=O) groups excluding carboxylic acids is 2. The van der Waals surface area contributed by atoms with E-state index >= 15 is 0 Å². The predicted molar refractivity (Wildman–Crippen MR) is 139 cm³/mol. The van der Waals surface area contributed by atoms with Crippen molar-refractivity contribution in [3.05, 3.63) is 46.3 Å². The van der Waals surface area contributed by atoms with Gasteiger partial charge in [-0.25, -0.2) is 0 Å². The van der Waals surface area contributed by atoms with Crippen LogP contribution in [0.4, 0.5) is 5.69 Å². The second kappa shape index (κ2) is 8.91. The first-order valence-electron chi connectivity index (χ1n) is 13.5. The van der Waals surface area contributed by atoms with Gasteiger partial charge >= 0.3 is 0 Å². The molecular weight excluding hydrogens is 452 g/mol. The molecule has 4 aliphatic rings. The number of benzene rings is 1. The molecule has 2 saturated heterocycles. The third-order valence-electron chi connectivity index (χ3n) is 8.73. The summed E-state index contributed by atoms with van der Waals surface area (Å²) >= 11 is 0. The molecule has 8 heteroatoms. The van der Waals surface area contributed by atoms with Gasteiger partial charge in [0.1, 0.15) is 6.54 Å². The number of anilines is 1.